The minimum absolute atomic E-state index is 0.503. The Kier molecular flexibility index (Phi) is 2.04. The van der Waals surface area contributed by atoms with Crippen molar-refractivity contribution in [1.82, 2.24) is 0 Å². The predicted molar refractivity (Wildman–Crippen MR) is 51.7 cm³/mol. The van der Waals surface area contributed by atoms with Gasteiger partial charge < -0.3 is 15.2 Å². The molecule has 0 amide bonds. The number of methoxy groups -OCH3 is 1. The highest BCUT2D eigenvalue weighted by Gasteiger charge is 2.26. The lowest BCUT2D eigenvalue weighted by molar-refractivity contribution is -0.137. The molecule has 4 heteroatoms. The molecule has 1 aromatic rings. The lowest BCUT2D eigenvalue weighted by Gasteiger charge is -2.04. The zero-order valence-electron chi connectivity index (χ0n) is 7.78. The Bertz CT molecular complexity index is 376. The molecule has 0 bridgehead atoms. The maximum atomic E-state index is 10.7. The van der Waals surface area contributed by atoms with Crippen molar-refractivity contribution in [2.45, 2.75) is 12.5 Å². The Balaban J connectivity index is 2.27. The van der Waals surface area contributed by atoms with Crippen LogP contribution in [0.25, 0.3) is 0 Å². The number of carbonyl (C=O) groups is 1. The van der Waals surface area contributed by atoms with Crippen LogP contribution in [0.1, 0.15) is 5.56 Å². The van der Waals surface area contributed by atoms with Gasteiger partial charge in [-0.15, -0.1) is 0 Å². The number of anilines is 1. The Morgan fingerprint density at radius 2 is 2.43 bits per heavy atom. The summed E-state index contributed by atoms with van der Waals surface area (Å²) in [5.41, 5.74) is 1.88. The van der Waals surface area contributed by atoms with E-state index in [0.29, 0.717) is 6.42 Å². The first-order chi connectivity index (χ1) is 6.70. The fraction of sp³-hybridized carbons (Fsp3) is 0.300. The van der Waals surface area contributed by atoms with Crippen LogP contribution in [0.3, 0.4) is 0 Å². The molecule has 74 valence electrons. The van der Waals surface area contributed by atoms with Crippen LogP contribution in [-0.2, 0) is 11.2 Å². The Labute approximate surface area is 81.5 Å². The van der Waals surface area contributed by atoms with Gasteiger partial charge in [-0.05, 0) is 11.6 Å². The topological polar surface area (TPSA) is 58.6 Å². The van der Waals surface area contributed by atoms with E-state index >= 15 is 0 Å². The molecule has 1 aliphatic rings. The van der Waals surface area contributed by atoms with Gasteiger partial charge in [0.25, 0.3) is 0 Å². The van der Waals surface area contributed by atoms with Crippen LogP contribution in [-0.4, -0.2) is 24.2 Å². The standard InChI is InChI=1S/C10H11NO3/c1-14-7-3-2-6-4-9(10(12)13)11-8(6)5-7/h2-3,5,9,11H,4H2,1H3,(H,12,13). The molecule has 0 spiro atoms. The van der Waals surface area contributed by atoms with Crippen molar-refractivity contribution in [3.8, 4) is 5.75 Å². The third-order valence-electron chi connectivity index (χ3n) is 2.37. The number of fused-ring (bicyclic) bond motifs is 1. The third kappa shape index (κ3) is 1.39. The second-order valence-electron chi connectivity index (χ2n) is 3.26. The second-order valence-corrected chi connectivity index (χ2v) is 3.26. The molecule has 1 heterocycles. The van der Waals surface area contributed by atoms with Crippen LogP contribution >= 0.6 is 0 Å². The van der Waals surface area contributed by atoms with E-state index in [1.807, 2.05) is 18.2 Å². The maximum Gasteiger partial charge on any atom is 0.326 e. The number of nitrogens with one attached hydrogen (secondary N) is 1. The number of rotatable bonds is 2. The van der Waals surface area contributed by atoms with Crippen molar-refractivity contribution in [2.75, 3.05) is 12.4 Å². The van der Waals surface area contributed by atoms with Crippen LogP contribution in [0.5, 0.6) is 5.75 Å². The lowest BCUT2D eigenvalue weighted by atomic mass is 10.1. The molecule has 1 aromatic carbocycles. The first kappa shape index (κ1) is 8.87. The summed E-state index contributed by atoms with van der Waals surface area (Å²) < 4.78 is 5.05. The van der Waals surface area contributed by atoms with E-state index in [9.17, 15) is 4.79 Å². The summed E-state index contributed by atoms with van der Waals surface area (Å²) in [6, 6.07) is 5.05. The molecule has 2 rings (SSSR count). The van der Waals surface area contributed by atoms with Crippen LogP contribution in [0.15, 0.2) is 18.2 Å². The number of aliphatic carboxylic acids is 1. The first-order valence-corrected chi connectivity index (χ1v) is 4.37. The minimum atomic E-state index is -0.819. The van der Waals surface area contributed by atoms with E-state index in [2.05, 4.69) is 5.32 Å². The molecule has 0 aliphatic carbocycles. The molecule has 0 aromatic heterocycles. The molecule has 0 saturated heterocycles. The normalized spacial score (nSPS) is 18.5. The number of carboxylic acids is 1. The summed E-state index contributed by atoms with van der Waals surface area (Å²) >= 11 is 0. The molecular formula is C10H11NO3. The highest BCUT2D eigenvalue weighted by atomic mass is 16.5. The molecule has 0 saturated carbocycles. The van der Waals surface area contributed by atoms with Gasteiger partial charge in [0.05, 0.1) is 7.11 Å². The van der Waals surface area contributed by atoms with Crippen molar-refractivity contribution >= 4 is 11.7 Å². The minimum Gasteiger partial charge on any atom is -0.497 e. The van der Waals surface area contributed by atoms with E-state index in [1.54, 1.807) is 7.11 Å². The lowest BCUT2D eigenvalue weighted by Crippen LogP contribution is -2.26. The number of carboxylic acid groups (broad SMARTS) is 1. The molecule has 0 fully saturated rings. The van der Waals surface area contributed by atoms with Crippen LogP contribution in [0.4, 0.5) is 5.69 Å². The quantitative estimate of drug-likeness (QED) is 0.738. The van der Waals surface area contributed by atoms with Crippen LogP contribution < -0.4 is 10.1 Å². The molecular weight excluding hydrogens is 182 g/mol. The highest BCUT2D eigenvalue weighted by Crippen LogP contribution is 2.29. The summed E-state index contributed by atoms with van der Waals surface area (Å²) in [6.45, 7) is 0. The largest absolute Gasteiger partial charge is 0.497 e. The number of hydrogen-bond acceptors (Lipinski definition) is 3. The van der Waals surface area contributed by atoms with E-state index in [1.165, 1.54) is 0 Å². The van der Waals surface area contributed by atoms with Crippen molar-refractivity contribution < 1.29 is 14.6 Å². The van der Waals surface area contributed by atoms with Crippen molar-refractivity contribution in [1.29, 1.82) is 0 Å². The summed E-state index contributed by atoms with van der Waals surface area (Å²) in [6.07, 6.45) is 0.536. The highest BCUT2D eigenvalue weighted by molar-refractivity contribution is 5.81. The van der Waals surface area contributed by atoms with E-state index < -0.39 is 12.0 Å². The first-order valence-electron chi connectivity index (χ1n) is 4.37. The number of hydrogen-bond donors (Lipinski definition) is 2. The van der Waals surface area contributed by atoms with Crippen molar-refractivity contribution in [2.24, 2.45) is 0 Å². The van der Waals surface area contributed by atoms with Gasteiger partial charge in [0.2, 0.25) is 0 Å². The second kappa shape index (κ2) is 3.21. The summed E-state index contributed by atoms with van der Waals surface area (Å²) in [5, 5.41) is 11.7. The Morgan fingerprint density at radius 1 is 1.64 bits per heavy atom. The predicted octanol–water partition coefficient (Wildman–Crippen LogP) is 1.12. The van der Waals surface area contributed by atoms with Gasteiger partial charge in [-0.2, -0.15) is 0 Å². The van der Waals surface area contributed by atoms with Crippen molar-refractivity contribution in [3.05, 3.63) is 23.8 Å². The van der Waals surface area contributed by atoms with Gasteiger partial charge in [0.15, 0.2) is 0 Å². The Morgan fingerprint density at radius 3 is 3.07 bits per heavy atom. The Hall–Kier alpha value is -1.71. The van der Waals surface area contributed by atoms with Gasteiger partial charge in [0.1, 0.15) is 11.8 Å². The third-order valence-corrected chi connectivity index (χ3v) is 2.37. The zero-order chi connectivity index (χ0) is 10.1. The molecule has 4 nitrogen and oxygen atoms in total. The van der Waals surface area contributed by atoms with E-state index in [4.69, 9.17) is 9.84 Å². The molecule has 14 heavy (non-hydrogen) atoms. The van der Waals surface area contributed by atoms with Gasteiger partial charge in [-0.1, -0.05) is 6.07 Å². The summed E-state index contributed by atoms with van der Waals surface area (Å²) in [5.74, 6) is -0.0811. The average molecular weight is 193 g/mol. The van der Waals surface area contributed by atoms with Crippen LogP contribution in [0, 0.1) is 0 Å². The van der Waals surface area contributed by atoms with E-state index in [-0.39, 0.29) is 0 Å². The molecule has 1 unspecified atom stereocenters. The zero-order valence-corrected chi connectivity index (χ0v) is 7.78. The van der Waals surface area contributed by atoms with Crippen molar-refractivity contribution in [3.63, 3.8) is 0 Å². The van der Waals surface area contributed by atoms with Gasteiger partial charge in [0, 0.05) is 18.2 Å². The monoisotopic (exact) mass is 193 g/mol. The van der Waals surface area contributed by atoms with E-state index in [0.717, 1.165) is 17.0 Å². The fourth-order valence-electron chi connectivity index (χ4n) is 1.60. The number of benzene rings is 1. The molecule has 1 aliphatic heterocycles. The number of ether oxygens (including phenoxy) is 1. The summed E-state index contributed by atoms with van der Waals surface area (Å²) in [7, 11) is 1.59. The molecule has 0 radical (unpaired) electrons. The average Bonchev–Trinajstić information content (AvgIpc) is 2.59. The van der Waals surface area contributed by atoms with Gasteiger partial charge in [-0.25, -0.2) is 4.79 Å². The fourth-order valence-corrected chi connectivity index (χ4v) is 1.60. The van der Waals surface area contributed by atoms with Gasteiger partial charge >= 0.3 is 5.97 Å². The maximum absolute atomic E-state index is 10.7. The summed E-state index contributed by atoms with van der Waals surface area (Å²) in [4.78, 5) is 10.7. The molecule has 2 N–H and O–H groups in total. The molecule has 1 atom stereocenters. The van der Waals surface area contributed by atoms with Gasteiger partial charge in [-0.3, -0.25) is 0 Å². The SMILES string of the molecule is COc1ccc2c(c1)NC(C(=O)O)C2. The van der Waals surface area contributed by atoms with Crippen LogP contribution in [0.2, 0.25) is 0 Å². The smallest absolute Gasteiger partial charge is 0.326 e.